The van der Waals surface area contributed by atoms with E-state index in [1.807, 2.05) is 12.3 Å². The lowest BCUT2D eigenvalue weighted by molar-refractivity contribution is 0.0698. The van der Waals surface area contributed by atoms with Crippen molar-refractivity contribution in [2.24, 2.45) is 0 Å². The molecule has 0 radical (unpaired) electrons. The second-order valence-corrected chi connectivity index (χ2v) is 4.80. The number of thiazole rings is 1. The van der Waals surface area contributed by atoms with Crippen molar-refractivity contribution < 1.29 is 9.90 Å². The number of rotatable bonds is 5. The van der Waals surface area contributed by atoms with Crippen LogP contribution in [0, 0.1) is 0 Å². The predicted molar refractivity (Wildman–Crippen MR) is 70.2 cm³/mol. The van der Waals surface area contributed by atoms with Crippen molar-refractivity contribution >= 4 is 23.0 Å². The van der Waals surface area contributed by atoms with E-state index in [0.29, 0.717) is 12.2 Å². The molecule has 0 aliphatic carbocycles. The van der Waals surface area contributed by atoms with Crippen LogP contribution >= 0.6 is 11.3 Å². The molecule has 2 rings (SSSR count). The Hall–Kier alpha value is -1.95. The fourth-order valence-electron chi connectivity index (χ4n) is 1.55. The molecule has 1 atom stereocenters. The van der Waals surface area contributed by atoms with Gasteiger partial charge in [-0.3, -0.25) is 4.98 Å². The van der Waals surface area contributed by atoms with Crippen LogP contribution in [0.5, 0.6) is 0 Å². The summed E-state index contributed by atoms with van der Waals surface area (Å²) in [6, 6.07) is 1.48. The van der Waals surface area contributed by atoms with E-state index in [1.165, 1.54) is 18.5 Å². The second kappa shape index (κ2) is 5.59. The van der Waals surface area contributed by atoms with Gasteiger partial charge in [0.1, 0.15) is 0 Å². The number of hydrogen-bond donors (Lipinski definition) is 2. The van der Waals surface area contributed by atoms with Gasteiger partial charge in [-0.25, -0.2) is 9.78 Å². The Morgan fingerprint density at radius 2 is 2.39 bits per heavy atom. The molecule has 2 N–H and O–H groups in total. The maximum atomic E-state index is 11.0. The molecular weight excluding hydrogens is 250 g/mol. The molecule has 5 nitrogen and oxygen atoms in total. The molecule has 0 saturated carbocycles. The molecule has 0 spiro atoms. The van der Waals surface area contributed by atoms with Gasteiger partial charge in [-0.2, -0.15) is 0 Å². The van der Waals surface area contributed by atoms with Crippen LogP contribution in [0.25, 0.3) is 0 Å². The van der Waals surface area contributed by atoms with Crippen molar-refractivity contribution in [1.29, 1.82) is 0 Å². The number of nitrogens with zero attached hydrogens (tertiary/aromatic N) is 2. The molecule has 0 aromatic carbocycles. The molecule has 18 heavy (non-hydrogen) atoms. The normalized spacial score (nSPS) is 12.1. The zero-order valence-electron chi connectivity index (χ0n) is 9.83. The Bertz CT molecular complexity index is 528. The third-order valence-electron chi connectivity index (χ3n) is 2.52. The van der Waals surface area contributed by atoms with Crippen LogP contribution in [0.1, 0.15) is 28.2 Å². The van der Waals surface area contributed by atoms with E-state index in [2.05, 4.69) is 15.3 Å². The highest BCUT2D eigenvalue weighted by Gasteiger charge is 2.12. The van der Waals surface area contributed by atoms with Crippen LogP contribution < -0.4 is 5.32 Å². The highest BCUT2D eigenvalue weighted by molar-refractivity contribution is 7.09. The zero-order valence-corrected chi connectivity index (χ0v) is 10.6. The molecule has 2 aromatic rings. The Balaban J connectivity index is 2.04. The lowest BCUT2D eigenvalue weighted by Gasteiger charge is -2.12. The van der Waals surface area contributed by atoms with Gasteiger partial charge < -0.3 is 10.4 Å². The van der Waals surface area contributed by atoms with Gasteiger partial charge in [0.2, 0.25) is 0 Å². The number of pyridine rings is 1. The molecule has 0 aliphatic heterocycles. The third-order valence-corrected chi connectivity index (χ3v) is 3.53. The molecule has 94 valence electrons. The third kappa shape index (κ3) is 2.84. The number of anilines is 1. The molecule has 6 heteroatoms. The first kappa shape index (κ1) is 12.5. The second-order valence-electron chi connectivity index (χ2n) is 3.88. The van der Waals surface area contributed by atoms with E-state index in [9.17, 15) is 4.79 Å². The monoisotopic (exact) mass is 263 g/mol. The van der Waals surface area contributed by atoms with Gasteiger partial charge in [-0.1, -0.05) is 6.92 Å². The molecule has 0 amide bonds. The average Bonchev–Trinajstić information content (AvgIpc) is 2.90. The van der Waals surface area contributed by atoms with Crippen LogP contribution in [0.2, 0.25) is 0 Å². The Morgan fingerprint density at radius 1 is 1.56 bits per heavy atom. The minimum Gasteiger partial charge on any atom is -0.478 e. The van der Waals surface area contributed by atoms with Gasteiger partial charge in [-0.15, -0.1) is 11.3 Å². The highest BCUT2D eigenvalue weighted by Crippen LogP contribution is 2.19. The zero-order chi connectivity index (χ0) is 13.0. The summed E-state index contributed by atoms with van der Waals surface area (Å²) in [6.07, 6.45) is 4.76. The van der Waals surface area contributed by atoms with Crippen LogP contribution in [0.4, 0.5) is 5.69 Å². The maximum absolute atomic E-state index is 11.0. The standard InChI is InChI=1S/C12H13N3O2S/c1-8(11-14-4-5-18-11)6-15-10-7-13-3-2-9(10)12(16)17/h2-5,7-8,15H,6H2,1H3,(H,16,17). The van der Waals surface area contributed by atoms with Crippen molar-refractivity contribution in [3.05, 3.63) is 40.6 Å². The summed E-state index contributed by atoms with van der Waals surface area (Å²) < 4.78 is 0. The van der Waals surface area contributed by atoms with Gasteiger partial charge >= 0.3 is 5.97 Å². The average molecular weight is 263 g/mol. The van der Waals surface area contributed by atoms with Crippen LogP contribution in [-0.4, -0.2) is 27.6 Å². The van der Waals surface area contributed by atoms with E-state index in [0.717, 1.165) is 5.01 Å². The van der Waals surface area contributed by atoms with E-state index >= 15 is 0 Å². The minimum absolute atomic E-state index is 0.229. The fourth-order valence-corrected chi connectivity index (χ4v) is 2.25. The van der Waals surface area contributed by atoms with Gasteiger partial charge in [-0.05, 0) is 6.07 Å². The Labute approximate surface area is 109 Å². The Morgan fingerprint density at radius 3 is 3.06 bits per heavy atom. The smallest absolute Gasteiger partial charge is 0.337 e. The SMILES string of the molecule is CC(CNc1cnccc1C(=O)O)c1nccs1. The first-order valence-electron chi connectivity index (χ1n) is 5.49. The number of carboxylic acids is 1. The molecule has 2 aromatic heterocycles. The van der Waals surface area contributed by atoms with Gasteiger partial charge in [0, 0.05) is 30.2 Å². The summed E-state index contributed by atoms with van der Waals surface area (Å²) in [4.78, 5) is 19.2. The first-order chi connectivity index (χ1) is 8.68. The largest absolute Gasteiger partial charge is 0.478 e. The predicted octanol–water partition coefficient (Wildman–Crippen LogP) is 2.45. The number of nitrogens with one attached hydrogen (secondary N) is 1. The lowest BCUT2D eigenvalue weighted by Crippen LogP contribution is -2.12. The number of carboxylic acid groups (broad SMARTS) is 1. The Kier molecular flexibility index (Phi) is 3.88. The van der Waals surface area contributed by atoms with Crippen molar-refractivity contribution in [3.63, 3.8) is 0 Å². The lowest BCUT2D eigenvalue weighted by atomic mass is 10.1. The van der Waals surface area contributed by atoms with E-state index < -0.39 is 5.97 Å². The highest BCUT2D eigenvalue weighted by atomic mass is 32.1. The topological polar surface area (TPSA) is 75.1 Å². The van der Waals surface area contributed by atoms with Gasteiger partial charge in [0.25, 0.3) is 0 Å². The summed E-state index contributed by atoms with van der Waals surface area (Å²) in [5.41, 5.74) is 0.768. The summed E-state index contributed by atoms with van der Waals surface area (Å²) in [7, 11) is 0. The van der Waals surface area contributed by atoms with Gasteiger partial charge in [0.05, 0.1) is 22.5 Å². The van der Waals surface area contributed by atoms with Crippen molar-refractivity contribution in [2.45, 2.75) is 12.8 Å². The maximum Gasteiger partial charge on any atom is 0.337 e. The van der Waals surface area contributed by atoms with Crippen molar-refractivity contribution in [3.8, 4) is 0 Å². The quantitative estimate of drug-likeness (QED) is 0.866. The molecule has 0 fully saturated rings. The molecule has 0 bridgehead atoms. The summed E-state index contributed by atoms with van der Waals surface area (Å²) in [5, 5.41) is 15.1. The van der Waals surface area contributed by atoms with Crippen molar-refractivity contribution in [1.82, 2.24) is 9.97 Å². The van der Waals surface area contributed by atoms with E-state index in [-0.39, 0.29) is 11.5 Å². The molecule has 0 saturated heterocycles. The van der Waals surface area contributed by atoms with Crippen LogP contribution in [0.3, 0.4) is 0 Å². The van der Waals surface area contributed by atoms with E-state index in [4.69, 9.17) is 5.11 Å². The molecule has 0 aliphatic rings. The number of aromatic carboxylic acids is 1. The van der Waals surface area contributed by atoms with Gasteiger partial charge in [0.15, 0.2) is 0 Å². The van der Waals surface area contributed by atoms with Crippen LogP contribution in [-0.2, 0) is 0 Å². The summed E-state index contributed by atoms with van der Waals surface area (Å²) >= 11 is 1.59. The summed E-state index contributed by atoms with van der Waals surface area (Å²) in [5.74, 6) is -0.728. The number of carbonyl (C=O) groups is 1. The van der Waals surface area contributed by atoms with Crippen molar-refractivity contribution in [2.75, 3.05) is 11.9 Å². The molecule has 1 unspecified atom stereocenters. The van der Waals surface area contributed by atoms with Crippen LogP contribution in [0.15, 0.2) is 30.0 Å². The molecular formula is C12H13N3O2S. The minimum atomic E-state index is -0.957. The number of hydrogen-bond acceptors (Lipinski definition) is 5. The van der Waals surface area contributed by atoms with E-state index in [1.54, 1.807) is 17.5 Å². The first-order valence-corrected chi connectivity index (χ1v) is 6.37. The summed E-state index contributed by atoms with van der Waals surface area (Å²) in [6.45, 7) is 2.67. The fraction of sp³-hybridized carbons (Fsp3) is 0.250. The number of aromatic nitrogens is 2. The molecule has 2 heterocycles.